The molecule has 58 valence electrons. The second-order valence-electron chi connectivity index (χ2n) is 2.30. The maximum Gasteiger partial charge on any atom is 0.139 e. The molecule has 1 rings (SSSR count). The van der Waals surface area contributed by atoms with E-state index in [-0.39, 0.29) is 0 Å². The molecule has 1 atom stereocenters. The molecule has 2 nitrogen and oxygen atoms in total. The highest BCUT2D eigenvalue weighted by molar-refractivity contribution is 5.34. The van der Waals surface area contributed by atoms with Gasteiger partial charge >= 0.3 is 0 Å². The van der Waals surface area contributed by atoms with Crippen molar-refractivity contribution in [3.63, 3.8) is 0 Å². The molecule has 12 heavy (non-hydrogen) atoms. The van der Waals surface area contributed by atoms with Gasteiger partial charge in [-0.1, -0.05) is 18.1 Å². The fourth-order valence-corrected chi connectivity index (χ4v) is 0.836. The fraction of sp³-hybridized carbons (Fsp3) is 0.100. The van der Waals surface area contributed by atoms with Crippen molar-refractivity contribution in [1.29, 1.82) is 5.26 Å². The van der Waals surface area contributed by atoms with Crippen LogP contribution in [-0.4, -0.2) is 5.11 Å². The molecule has 0 aliphatic heterocycles. The largest absolute Gasteiger partial charge is 0.376 e. The van der Waals surface area contributed by atoms with Gasteiger partial charge in [-0.25, -0.2) is 0 Å². The lowest BCUT2D eigenvalue weighted by atomic mass is 10.1. The monoisotopic (exact) mass is 157 g/mol. The van der Waals surface area contributed by atoms with Crippen molar-refractivity contribution in [3.05, 3.63) is 35.4 Å². The number of aliphatic hydroxyl groups excluding tert-OH is 1. The van der Waals surface area contributed by atoms with Gasteiger partial charge in [-0.2, -0.15) is 5.26 Å². The summed E-state index contributed by atoms with van der Waals surface area (Å²) in [6.07, 6.45) is 4.13. The van der Waals surface area contributed by atoms with Crippen molar-refractivity contribution in [2.75, 3.05) is 0 Å². The molecular weight excluding hydrogens is 150 g/mol. The molecule has 0 saturated heterocycles. The Morgan fingerprint density at radius 2 is 1.92 bits per heavy atom. The molecule has 0 aromatic heterocycles. The second-order valence-corrected chi connectivity index (χ2v) is 2.30. The molecule has 1 aromatic carbocycles. The lowest BCUT2D eigenvalue weighted by molar-refractivity contribution is 0.238. The number of hydrogen-bond donors (Lipinski definition) is 1. The van der Waals surface area contributed by atoms with E-state index in [0.29, 0.717) is 11.1 Å². The van der Waals surface area contributed by atoms with Gasteiger partial charge in [0.15, 0.2) is 0 Å². The minimum atomic E-state index is -0.877. The molecule has 2 heteroatoms. The van der Waals surface area contributed by atoms with Gasteiger partial charge in [0, 0.05) is 0 Å². The Hall–Kier alpha value is -1.77. The summed E-state index contributed by atoms with van der Waals surface area (Å²) >= 11 is 0. The predicted octanol–water partition coefficient (Wildman–Crippen LogP) is 1.22. The predicted molar refractivity (Wildman–Crippen MR) is 44.9 cm³/mol. The van der Waals surface area contributed by atoms with E-state index in [0.717, 1.165) is 0 Å². The van der Waals surface area contributed by atoms with Crippen LogP contribution in [0.15, 0.2) is 24.3 Å². The van der Waals surface area contributed by atoms with Crippen LogP contribution in [-0.2, 0) is 0 Å². The van der Waals surface area contributed by atoms with Gasteiger partial charge in [-0.3, -0.25) is 0 Å². The van der Waals surface area contributed by atoms with E-state index < -0.39 is 6.10 Å². The number of hydrogen-bond acceptors (Lipinski definition) is 2. The molecule has 0 spiro atoms. The third-order valence-electron chi connectivity index (χ3n) is 1.51. The molecule has 0 fully saturated rings. The summed E-state index contributed by atoms with van der Waals surface area (Å²) in [6, 6.07) is 8.50. The first-order chi connectivity index (χ1) is 5.77. The Morgan fingerprint density at radius 1 is 1.33 bits per heavy atom. The minimum absolute atomic E-state index is 0.558. The van der Waals surface area contributed by atoms with Crippen molar-refractivity contribution in [2.45, 2.75) is 6.10 Å². The number of aliphatic hydroxyl groups is 1. The summed E-state index contributed by atoms with van der Waals surface area (Å²) in [4.78, 5) is 0. The Morgan fingerprint density at radius 3 is 2.33 bits per heavy atom. The Balaban J connectivity index is 2.96. The molecule has 0 radical (unpaired) electrons. The zero-order chi connectivity index (χ0) is 8.97. The van der Waals surface area contributed by atoms with Gasteiger partial charge in [-0.05, 0) is 17.7 Å². The normalized spacial score (nSPS) is 11.2. The lowest BCUT2D eigenvalue weighted by Gasteiger charge is -2.01. The van der Waals surface area contributed by atoms with E-state index >= 15 is 0 Å². The Bertz CT molecular complexity index is 340. The van der Waals surface area contributed by atoms with Gasteiger partial charge in [0.25, 0.3) is 0 Å². The van der Waals surface area contributed by atoms with Crippen LogP contribution in [0.4, 0.5) is 0 Å². The first kappa shape index (κ1) is 8.33. The molecule has 1 N–H and O–H groups in total. The Kier molecular flexibility index (Phi) is 2.48. The van der Waals surface area contributed by atoms with Crippen LogP contribution in [0.1, 0.15) is 17.2 Å². The average molecular weight is 157 g/mol. The zero-order valence-electron chi connectivity index (χ0n) is 6.36. The quantitative estimate of drug-likeness (QED) is 0.623. The van der Waals surface area contributed by atoms with Crippen LogP contribution in [0.3, 0.4) is 0 Å². The smallest absolute Gasteiger partial charge is 0.139 e. The maximum atomic E-state index is 9.17. The third-order valence-corrected chi connectivity index (χ3v) is 1.51. The number of benzene rings is 1. The highest BCUT2D eigenvalue weighted by Gasteiger charge is 2.01. The fourth-order valence-electron chi connectivity index (χ4n) is 0.836. The van der Waals surface area contributed by atoms with E-state index in [1.165, 1.54) is 0 Å². The van der Waals surface area contributed by atoms with E-state index in [1.807, 2.05) is 6.07 Å². The molecular formula is C10H7NO. The molecule has 1 unspecified atom stereocenters. The van der Waals surface area contributed by atoms with Crippen molar-refractivity contribution < 1.29 is 5.11 Å². The van der Waals surface area contributed by atoms with Crippen molar-refractivity contribution >= 4 is 0 Å². The van der Waals surface area contributed by atoms with Crippen molar-refractivity contribution in [1.82, 2.24) is 0 Å². The topological polar surface area (TPSA) is 44.0 Å². The summed E-state index contributed by atoms with van der Waals surface area (Å²) in [5, 5.41) is 17.6. The van der Waals surface area contributed by atoms with E-state index in [2.05, 4.69) is 5.92 Å². The SMILES string of the molecule is C#CC(O)c1ccc(C#N)cc1. The van der Waals surface area contributed by atoms with Crippen molar-refractivity contribution in [2.24, 2.45) is 0 Å². The number of nitriles is 1. The Labute approximate surface area is 71.1 Å². The van der Waals surface area contributed by atoms with Gasteiger partial charge in [-0.15, -0.1) is 6.42 Å². The standard InChI is InChI=1S/C10H7NO/c1-2-10(12)9-5-3-8(7-11)4-6-9/h1,3-6,10,12H. The number of terminal acetylenes is 1. The average Bonchev–Trinajstić information content (AvgIpc) is 2.17. The first-order valence-corrected chi connectivity index (χ1v) is 3.42. The van der Waals surface area contributed by atoms with Crippen LogP contribution >= 0.6 is 0 Å². The van der Waals surface area contributed by atoms with Gasteiger partial charge < -0.3 is 5.11 Å². The second kappa shape index (κ2) is 3.57. The minimum Gasteiger partial charge on any atom is -0.376 e. The summed E-state index contributed by atoms with van der Waals surface area (Å²) in [7, 11) is 0. The summed E-state index contributed by atoms with van der Waals surface area (Å²) in [6.45, 7) is 0. The molecule has 0 aliphatic rings. The molecule has 0 bridgehead atoms. The van der Waals surface area contributed by atoms with Crippen LogP contribution in [0.5, 0.6) is 0 Å². The van der Waals surface area contributed by atoms with Crippen LogP contribution in [0.25, 0.3) is 0 Å². The summed E-state index contributed by atoms with van der Waals surface area (Å²) in [5.74, 6) is 2.19. The van der Waals surface area contributed by atoms with Crippen LogP contribution in [0.2, 0.25) is 0 Å². The molecule has 0 aliphatic carbocycles. The highest BCUT2D eigenvalue weighted by atomic mass is 16.3. The van der Waals surface area contributed by atoms with Gasteiger partial charge in [0.05, 0.1) is 11.6 Å². The van der Waals surface area contributed by atoms with Gasteiger partial charge in [0.1, 0.15) is 6.10 Å². The summed E-state index contributed by atoms with van der Waals surface area (Å²) < 4.78 is 0. The van der Waals surface area contributed by atoms with Crippen LogP contribution in [0, 0.1) is 23.7 Å². The number of rotatable bonds is 1. The number of nitrogens with zero attached hydrogens (tertiary/aromatic N) is 1. The van der Waals surface area contributed by atoms with Crippen LogP contribution < -0.4 is 0 Å². The maximum absolute atomic E-state index is 9.17. The molecule has 0 amide bonds. The van der Waals surface area contributed by atoms with E-state index in [9.17, 15) is 5.11 Å². The highest BCUT2D eigenvalue weighted by Crippen LogP contribution is 2.11. The third kappa shape index (κ3) is 1.63. The first-order valence-electron chi connectivity index (χ1n) is 3.42. The van der Waals surface area contributed by atoms with E-state index in [1.54, 1.807) is 24.3 Å². The van der Waals surface area contributed by atoms with Crippen molar-refractivity contribution in [3.8, 4) is 18.4 Å². The molecule has 0 heterocycles. The van der Waals surface area contributed by atoms with E-state index in [4.69, 9.17) is 11.7 Å². The zero-order valence-corrected chi connectivity index (χ0v) is 6.36. The summed E-state index contributed by atoms with van der Waals surface area (Å²) in [5.41, 5.74) is 1.19. The van der Waals surface area contributed by atoms with Gasteiger partial charge in [0.2, 0.25) is 0 Å². The molecule has 1 aromatic rings. The molecule has 0 saturated carbocycles. The lowest BCUT2D eigenvalue weighted by Crippen LogP contribution is -1.92.